The minimum Gasteiger partial charge on any atom is -0.485 e. The highest BCUT2D eigenvalue weighted by Crippen LogP contribution is 2.46. The molecule has 264 valence electrons. The summed E-state index contributed by atoms with van der Waals surface area (Å²) in [5.74, 6) is 1.93. The number of likely N-dealkylation sites (tertiary alicyclic amines) is 1. The number of para-hydroxylation sites is 1. The van der Waals surface area contributed by atoms with Crippen LogP contribution < -0.4 is 19.7 Å². The molecule has 1 N–H and O–H groups in total. The first kappa shape index (κ1) is 38.2. The molecule has 0 spiro atoms. The Hall–Kier alpha value is -3.57. The van der Waals surface area contributed by atoms with Gasteiger partial charge in [0.25, 0.3) is 0 Å². The van der Waals surface area contributed by atoms with E-state index in [1.54, 1.807) is 12.1 Å². The van der Waals surface area contributed by atoms with Crippen LogP contribution in [0.3, 0.4) is 0 Å². The monoisotopic (exact) mass is 689 g/mol. The molecule has 3 aromatic rings. The van der Waals surface area contributed by atoms with Crippen LogP contribution in [0.25, 0.3) is 0 Å². The molecular weight excluding hydrogens is 637 g/mol. The van der Waals surface area contributed by atoms with Crippen LogP contribution in [0.5, 0.6) is 11.5 Å². The number of hydrogen-bond acceptors (Lipinski definition) is 6. The molecule has 0 aromatic heterocycles. The van der Waals surface area contributed by atoms with Crippen molar-refractivity contribution in [3.63, 3.8) is 0 Å². The van der Waals surface area contributed by atoms with Crippen LogP contribution in [0.1, 0.15) is 85.3 Å². The third kappa shape index (κ3) is 9.16. The summed E-state index contributed by atoms with van der Waals surface area (Å²) in [5.41, 5.74) is 3.92. The van der Waals surface area contributed by atoms with E-state index >= 15 is 0 Å². The maximum atomic E-state index is 14.9. The number of ketones is 1. The Morgan fingerprint density at radius 2 is 1.78 bits per heavy atom. The van der Waals surface area contributed by atoms with Crippen LogP contribution in [0.15, 0.2) is 54.6 Å². The lowest BCUT2D eigenvalue weighted by Crippen LogP contribution is -2.41. The summed E-state index contributed by atoms with van der Waals surface area (Å²) in [5, 5.41) is 3.11. The van der Waals surface area contributed by atoms with Gasteiger partial charge in [0.05, 0.1) is 0 Å². The fraction of sp³-hybridized carbons (Fsp3) is 0.488. The number of aryl methyl sites for hydroxylation is 1. The first-order valence-corrected chi connectivity index (χ1v) is 18.0. The molecule has 1 atom stereocenters. The molecule has 2 heterocycles. The summed E-state index contributed by atoms with van der Waals surface area (Å²) >= 11 is 6.02. The summed E-state index contributed by atoms with van der Waals surface area (Å²) in [4.78, 5) is 18.0. The van der Waals surface area contributed by atoms with Gasteiger partial charge in [-0.3, -0.25) is 4.79 Å². The van der Waals surface area contributed by atoms with Gasteiger partial charge in [0.15, 0.2) is 22.9 Å². The Balaban J connectivity index is 0.00000103. The van der Waals surface area contributed by atoms with Gasteiger partial charge in [-0.1, -0.05) is 55.3 Å². The van der Waals surface area contributed by atoms with E-state index in [1.165, 1.54) is 23.7 Å². The smallest absolute Gasteiger partial charge is 0.168 e. The SMILES string of the molecule is C#C.CCCN(CCN1CCC(c2cccc3c2OC(C)(c2ccc(Cl)cc2F)CO3)CC1)c1cc(C(=O)C2CCC2)ccc1C.CNC. The molecule has 0 bridgehead atoms. The second kappa shape index (κ2) is 17.9. The van der Waals surface area contributed by atoms with E-state index in [1.807, 2.05) is 39.2 Å². The number of halogens is 2. The van der Waals surface area contributed by atoms with Crippen LogP contribution in [0.4, 0.5) is 10.1 Å². The van der Waals surface area contributed by atoms with Crippen molar-refractivity contribution in [2.24, 2.45) is 5.92 Å². The number of carbonyl (C=O) groups is 1. The van der Waals surface area contributed by atoms with E-state index in [9.17, 15) is 9.18 Å². The average molecular weight is 690 g/mol. The van der Waals surface area contributed by atoms with Crippen molar-refractivity contribution >= 4 is 23.1 Å². The zero-order valence-electron chi connectivity index (χ0n) is 29.9. The molecule has 1 unspecified atom stereocenters. The van der Waals surface area contributed by atoms with E-state index in [4.69, 9.17) is 21.1 Å². The van der Waals surface area contributed by atoms with Crippen LogP contribution in [0, 0.1) is 31.5 Å². The van der Waals surface area contributed by atoms with Crippen LogP contribution in [0.2, 0.25) is 5.02 Å². The quantitative estimate of drug-likeness (QED) is 0.170. The highest BCUT2D eigenvalue weighted by atomic mass is 35.5. The topological polar surface area (TPSA) is 54.0 Å². The summed E-state index contributed by atoms with van der Waals surface area (Å²) in [7, 11) is 3.75. The van der Waals surface area contributed by atoms with Gasteiger partial charge in [-0.2, -0.15) is 0 Å². The second-order valence-corrected chi connectivity index (χ2v) is 14.0. The Kier molecular flexibility index (Phi) is 14.0. The van der Waals surface area contributed by atoms with E-state index in [2.05, 4.69) is 60.0 Å². The molecule has 2 fully saturated rings. The van der Waals surface area contributed by atoms with Crippen molar-refractivity contribution in [1.29, 1.82) is 0 Å². The molecule has 2 aliphatic heterocycles. The van der Waals surface area contributed by atoms with Crippen molar-refractivity contribution in [3.8, 4) is 24.3 Å². The molecule has 3 aromatic carbocycles. The van der Waals surface area contributed by atoms with E-state index in [0.29, 0.717) is 22.3 Å². The first-order valence-electron chi connectivity index (χ1n) is 17.6. The van der Waals surface area contributed by atoms with E-state index in [0.717, 1.165) is 87.5 Å². The maximum absolute atomic E-state index is 14.9. The predicted molar refractivity (Wildman–Crippen MR) is 200 cm³/mol. The molecule has 3 aliphatic rings. The summed E-state index contributed by atoms with van der Waals surface area (Å²) < 4.78 is 27.7. The van der Waals surface area contributed by atoms with Gasteiger partial charge in [0, 0.05) is 53.0 Å². The fourth-order valence-electron chi connectivity index (χ4n) is 6.96. The molecule has 1 saturated heterocycles. The van der Waals surface area contributed by atoms with Crippen molar-refractivity contribution < 1.29 is 18.7 Å². The molecule has 0 amide bonds. The standard InChI is InChI=1S/C37H44ClFN2O3.C2H7N.C2H2/c1-4-17-41(33-22-28(12-11-25(33)2)35(42)27-7-5-8-27)21-20-40-18-15-26(16-19-40)30-9-6-10-34-36(30)44-37(3,24-43-34)31-14-13-29(38)23-32(31)39;1-3-2;1-2/h6,9-14,22-23,26-27H,4-5,7-8,15-21,24H2,1-3H3;3H,1-2H3;1-2H. The van der Waals surface area contributed by atoms with Gasteiger partial charge in [-0.15, -0.1) is 12.8 Å². The lowest BCUT2D eigenvalue weighted by molar-refractivity contribution is -0.00182. The number of nitrogens with one attached hydrogen (secondary N) is 1. The number of terminal acetylenes is 1. The number of piperidine rings is 1. The number of benzene rings is 3. The minimum absolute atomic E-state index is 0.214. The highest BCUT2D eigenvalue weighted by molar-refractivity contribution is 6.30. The Morgan fingerprint density at radius 1 is 1.06 bits per heavy atom. The van der Waals surface area contributed by atoms with Gasteiger partial charge in [-0.25, -0.2) is 4.39 Å². The molecule has 49 heavy (non-hydrogen) atoms. The Bertz CT molecular complexity index is 1570. The average Bonchev–Trinajstić information content (AvgIpc) is 3.07. The van der Waals surface area contributed by atoms with Crippen LogP contribution >= 0.6 is 11.6 Å². The van der Waals surface area contributed by atoms with Crippen molar-refractivity contribution in [1.82, 2.24) is 10.2 Å². The summed E-state index contributed by atoms with van der Waals surface area (Å²) in [6, 6.07) is 17.1. The number of ether oxygens (including phenoxy) is 2. The molecule has 8 heteroatoms. The Labute approximate surface area is 298 Å². The molecule has 0 radical (unpaired) electrons. The minimum atomic E-state index is -0.945. The largest absolute Gasteiger partial charge is 0.485 e. The maximum Gasteiger partial charge on any atom is 0.168 e. The lowest BCUT2D eigenvalue weighted by Gasteiger charge is -2.39. The van der Waals surface area contributed by atoms with Gasteiger partial charge in [0.2, 0.25) is 0 Å². The number of Topliss-reactive ketones (excluding diaryl/α,β-unsaturated/α-hetero) is 1. The second-order valence-electron chi connectivity index (χ2n) is 13.5. The zero-order chi connectivity index (χ0) is 35.6. The molecule has 6 rings (SSSR count). The van der Waals surface area contributed by atoms with Crippen LogP contribution in [-0.2, 0) is 5.60 Å². The summed E-state index contributed by atoms with van der Waals surface area (Å²) in [6.45, 7) is 11.4. The van der Waals surface area contributed by atoms with Crippen molar-refractivity contribution in [2.45, 2.75) is 70.8 Å². The third-order valence-electron chi connectivity index (χ3n) is 9.86. The number of anilines is 1. The highest BCUT2D eigenvalue weighted by Gasteiger charge is 2.39. The van der Waals surface area contributed by atoms with Gasteiger partial charge in [0.1, 0.15) is 12.4 Å². The van der Waals surface area contributed by atoms with Gasteiger partial charge < -0.3 is 24.6 Å². The summed E-state index contributed by atoms with van der Waals surface area (Å²) in [6.07, 6.45) is 14.3. The molecule has 1 saturated carbocycles. The molecular formula is C41H53ClFN3O3. The number of fused-ring (bicyclic) bond motifs is 1. The first-order chi connectivity index (χ1) is 23.7. The van der Waals surface area contributed by atoms with Crippen molar-refractivity contribution in [3.05, 3.63) is 87.7 Å². The van der Waals surface area contributed by atoms with E-state index in [-0.39, 0.29) is 18.3 Å². The third-order valence-corrected chi connectivity index (χ3v) is 10.1. The normalized spacial score (nSPS) is 19.0. The number of rotatable bonds is 10. The number of nitrogens with zero attached hydrogens (tertiary/aromatic N) is 2. The Morgan fingerprint density at radius 3 is 2.41 bits per heavy atom. The number of hydrogen-bond donors (Lipinski definition) is 1. The lowest BCUT2D eigenvalue weighted by atomic mass is 9.80. The fourth-order valence-corrected chi connectivity index (χ4v) is 7.12. The van der Waals surface area contributed by atoms with Gasteiger partial charge in [-0.05, 0) is 109 Å². The number of carbonyl (C=O) groups excluding carboxylic acids is 1. The predicted octanol–water partition coefficient (Wildman–Crippen LogP) is 8.64. The molecule has 6 nitrogen and oxygen atoms in total. The molecule has 1 aliphatic carbocycles. The zero-order valence-corrected chi connectivity index (χ0v) is 30.6. The van der Waals surface area contributed by atoms with Crippen LogP contribution in [-0.4, -0.2) is 64.1 Å². The van der Waals surface area contributed by atoms with E-state index < -0.39 is 5.60 Å². The van der Waals surface area contributed by atoms with Crippen molar-refractivity contribution in [2.75, 3.05) is 58.3 Å². The van der Waals surface area contributed by atoms with Gasteiger partial charge >= 0.3 is 0 Å².